The Morgan fingerprint density at radius 2 is 1.39 bits per heavy atom. The summed E-state index contributed by atoms with van der Waals surface area (Å²) in [5, 5.41) is 16.0. The zero-order chi connectivity index (χ0) is 22.9. The van der Waals surface area contributed by atoms with Gasteiger partial charge in [-0.2, -0.15) is 0 Å². The normalized spacial score (nSPS) is 11.8. The van der Waals surface area contributed by atoms with Crippen LogP contribution in [0.1, 0.15) is 36.5 Å². The van der Waals surface area contributed by atoms with E-state index in [1.165, 1.54) is 5.56 Å². The molecule has 0 unspecified atom stereocenters. The van der Waals surface area contributed by atoms with Gasteiger partial charge in [-0.3, -0.25) is 4.99 Å². The maximum absolute atomic E-state index is 11.4. The molecule has 0 spiro atoms. The van der Waals surface area contributed by atoms with Gasteiger partial charge in [0.25, 0.3) is 0 Å². The zero-order valence-electron chi connectivity index (χ0n) is 19.2. The summed E-state index contributed by atoms with van der Waals surface area (Å²) >= 11 is 0. The highest BCUT2D eigenvalue weighted by atomic mass is 16.3. The lowest BCUT2D eigenvalue weighted by Crippen LogP contribution is -1.92. The van der Waals surface area contributed by atoms with Crippen molar-refractivity contribution in [2.75, 3.05) is 0 Å². The molecule has 0 aliphatic heterocycles. The number of phenolic OH excluding ortho intramolecular Hbond substituents is 1. The van der Waals surface area contributed by atoms with Crippen molar-refractivity contribution < 1.29 is 5.11 Å². The first-order valence-corrected chi connectivity index (χ1v) is 11.4. The molecule has 5 aromatic rings. The summed E-state index contributed by atoms with van der Waals surface area (Å²) in [4.78, 5) is 4.83. The van der Waals surface area contributed by atoms with Gasteiger partial charge in [-0.15, -0.1) is 0 Å². The van der Waals surface area contributed by atoms with Gasteiger partial charge in [0.2, 0.25) is 0 Å². The molecule has 0 atom stereocenters. The Morgan fingerprint density at radius 3 is 2.06 bits per heavy atom. The van der Waals surface area contributed by atoms with Gasteiger partial charge < -0.3 is 5.11 Å². The molecule has 2 heteroatoms. The Kier molecular flexibility index (Phi) is 5.43. The minimum Gasteiger partial charge on any atom is -0.507 e. The van der Waals surface area contributed by atoms with Crippen LogP contribution in [0.4, 0.5) is 5.69 Å². The van der Waals surface area contributed by atoms with Crippen LogP contribution in [0.15, 0.2) is 96.0 Å². The van der Waals surface area contributed by atoms with Gasteiger partial charge in [-0.1, -0.05) is 92.7 Å². The minimum absolute atomic E-state index is 0.252. The molecule has 33 heavy (non-hydrogen) atoms. The van der Waals surface area contributed by atoms with E-state index in [0.717, 1.165) is 43.9 Å². The SMILES string of the molecule is Cc1cccc(C(C)C)c1N=Cc1cccc(-c2c3ccccc3cc3ccccc23)c1O. The molecule has 0 heterocycles. The first-order valence-electron chi connectivity index (χ1n) is 11.4. The summed E-state index contributed by atoms with van der Waals surface area (Å²) in [6, 6.07) is 31.1. The Morgan fingerprint density at radius 1 is 0.758 bits per heavy atom. The summed E-state index contributed by atoms with van der Waals surface area (Å²) in [6.07, 6.45) is 1.79. The van der Waals surface area contributed by atoms with Gasteiger partial charge in [-0.05, 0) is 57.6 Å². The number of aromatic hydroxyl groups is 1. The molecule has 0 aromatic heterocycles. The van der Waals surface area contributed by atoms with Crippen molar-refractivity contribution in [2.45, 2.75) is 26.7 Å². The third-order valence-electron chi connectivity index (χ3n) is 6.33. The predicted molar refractivity (Wildman–Crippen MR) is 141 cm³/mol. The van der Waals surface area contributed by atoms with Gasteiger partial charge in [-0.25, -0.2) is 0 Å². The molecule has 0 fully saturated rings. The first-order chi connectivity index (χ1) is 16.0. The highest BCUT2D eigenvalue weighted by Gasteiger charge is 2.15. The number of phenols is 1. The summed E-state index contributed by atoms with van der Waals surface area (Å²) in [7, 11) is 0. The van der Waals surface area contributed by atoms with Crippen LogP contribution in [0.5, 0.6) is 5.75 Å². The summed E-state index contributed by atoms with van der Waals surface area (Å²) in [5.74, 6) is 0.626. The number of fused-ring (bicyclic) bond motifs is 2. The number of aryl methyl sites for hydroxylation is 1. The fraction of sp³-hybridized carbons (Fsp3) is 0.129. The van der Waals surface area contributed by atoms with E-state index in [1.807, 2.05) is 18.2 Å². The fourth-order valence-electron chi connectivity index (χ4n) is 4.63. The van der Waals surface area contributed by atoms with Crippen LogP contribution in [-0.4, -0.2) is 11.3 Å². The summed E-state index contributed by atoms with van der Waals surface area (Å²) in [5.41, 5.74) is 5.90. The Hall–Kier alpha value is -3.91. The molecule has 1 N–H and O–H groups in total. The maximum Gasteiger partial charge on any atom is 0.132 e. The molecular weight excluding hydrogens is 402 g/mol. The largest absolute Gasteiger partial charge is 0.507 e. The number of para-hydroxylation sites is 2. The second kappa shape index (κ2) is 8.55. The van der Waals surface area contributed by atoms with Crippen molar-refractivity contribution in [1.82, 2.24) is 0 Å². The average Bonchev–Trinajstić information content (AvgIpc) is 2.82. The number of hydrogen-bond donors (Lipinski definition) is 1. The number of hydrogen-bond acceptors (Lipinski definition) is 2. The van der Waals surface area contributed by atoms with E-state index >= 15 is 0 Å². The Labute approximate surface area is 194 Å². The first kappa shape index (κ1) is 21.0. The molecular formula is C31H27NO. The summed E-state index contributed by atoms with van der Waals surface area (Å²) < 4.78 is 0. The van der Waals surface area contributed by atoms with Crippen LogP contribution in [0.25, 0.3) is 32.7 Å². The minimum atomic E-state index is 0.252. The molecule has 0 saturated heterocycles. The molecule has 5 rings (SSSR count). The van der Waals surface area contributed by atoms with Gasteiger partial charge in [0.15, 0.2) is 0 Å². The third kappa shape index (κ3) is 3.78. The summed E-state index contributed by atoms with van der Waals surface area (Å²) in [6.45, 7) is 6.44. The number of benzene rings is 5. The van der Waals surface area contributed by atoms with Crippen molar-refractivity contribution in [3.05, 3.63) is 108 Å². The second-order valence-corrected chi connectivity index (χ2v) is 8.86. The van der Waals surface area contributed by atoms with Crippen LogP contribution in [0, 0.1) is 6.92 Å². The van der Waals surface area contributed by atoms with E-state index in [2.05, 4.69) is 93.6 Å². The second-order valence-electron chi connectivity index (χ2n) is 8.86. The van der Waals surface area contributed by atoms with E-state index in [9.17, 15) is 5.11 Å². The Bertz CT molecular complexity index is 1460. The van der Waals surface area contributed by atoms with Gasteiger partial charge in [0.1, 0.15) is 5.75 Å². The molecule has 5 aromatic carbocycles. The quantitative estimate of drug-likeness (QED) is 0.225. The molecule has 0 radical (unpaired) electrons. The maximum atomic E-state index is 11.4. The van der Waals surface area contributed by atoms with Gasteiger partial charge >= 0.3 is 0 Å². The van der Waals surface area contributed by atoms with Crippen LogP contribution in [-0.2, 0) is 0 Å². The molecule has 162 valence electrons. The van der Waals surface area contributed by atoms with Crippen LogP contribution < -0.4 is 0 Å². The van der Waals surface area contributed by atoms with Crippen molar-refractivity contribution in [1.29, 1.82) is 0 Å². The lowest BCUT2D eigenvalue weighted by Gasteiger charge is -2.15. The molecule has 0 saturated carbocycles. The van der Waals surface area contributed by atoms with Crippen molar-refractivity contribution >= 4 is 33.4 Å². The third-order valence-corrected chi connectivity index (χ3v) is 6.33. The fourth-order valence-corrected chi connectivity index (χ4v) is 4.63. The number of nitrogens with zero attached hydrogens (tertiary/aromatic N) is 1. The molecule has 0 bridgehead atoms. The Balaban J connectivity index is 1.70. The lowest BCUT2D eigenvalue weighted by atomic mass is 9.91. The standard InChI is InChI=1S/C31H27NO/c1-20(2)25-16-8-10-21(3)30(25)32-19-24-13-9-17-28(31(24)33)29-26-14-6-4-11-22(26)18-23-12-5-7-15-27(23)29/h4-20,33H,1-3H3. The van der Waals surface area contributed by atoms with E-state index in [4.69, 9.17) is 4.99 Å². The highest BCUT2D eigenvalue weighted by molar-refractivity contribution is 6.14. The average molecular weight is 430 g/mol. The van der Waals surface area contributed by atoms with E-state index < -0.39 is 0 Å². The lowest BCUT2D eigenvalue weighted by molar-refractivity contribution is 0.476. The van der Waals surface area contributed by atoms with Crippen molar-refractivity contribution in [2.24, 2.45) is 4.99 Å². The molecule has 0 aliphatic carbocycles. The molecule has 0 aliphatic rings. The van der Waals surface area contributed by atoms with Crippen molar-refractivity contribution in [3.8, 4) is 16.9 Å². The molecule has 0 amide bonds. The monoisotopic (exact) mass is 429 g/mol. The van der Waals surface area contributed by atoms with Gasteiger partial charge in [0.05, 0.1) is 5.69 Å². The van der Waals surface area contributed by atoms with E-state index in [0.29, 0.717) is 11.5 Å². The van der Waals surface area contributed by atoms with Crippen LogP contribution >= 0.6 is 0 Å². The van der Waals surface area contributed by atoms with Crippen molar-refractivity contribution in [3.63, 3.8) is 0 Å². The van der Waals surface area contributed by atoms with Crippen LogP contribution in [0.3, 0.4) is 0 Å². The van der Waals surface area contributed by atoms with Crippen LogP contribution in [0.2, 0.25) is 0 Å². The van der Waals surface area contributed by atoms with Gasteiger partial charge in [0, 0.05) is 22.9 Å². The predicted octanol–water partition coefficient (Wildman–Crippen LogP) is 8.55. The van der Waals surface area contributed by atoms with E-state index in [-0.39, 0.29) is 5.75 Å². The molecule has 2 nitrogen and oxygen atoms in total. The van der Waals surface area contributed by atoms with E-state index in [1.54, 1.807) is 6.21 Å². The zero-order valence-corrected chi connectivity index (χ0v) is 19.2. The number of aliphatic imine (C=N–C) groups is 1. The smallest absolute Gasteiger partial charge is 0.132 e. The number of rotatable bonds is 4. The topological polar surface area (TPSA) is 32.6 Å². The highest BCUT2D eigenvalue weighted by Crippen LogP contribution is 2.41.